The van der Waals surface area contributed by atoms with Crippen LogP contribution in [0.2, 0.25) is 0 Å². The van der Waals surface area contributed by atoms with Gasteiger partial charge in [0, 0.05) is 12.1 Å². The first-order chi connectivity index (χ1) is 13.9. The van der Waals surface area contributed by atoms with E-state index in [4.69, 9.17) is 0 Å². The van der Waals surface area contributed by atoms with Crippen LogP contribution in [0.1, 0.15) is 65.3 Å². The molecule has 6 heteroatoms. The number of hydrogen-bond donors (Lipinski definition) is 1. The van der Waals surface area contributed by atoms with E-state index in [-0.39, 0.29) is 42.0 Å². The molecule has 29 heavy (non-hydrogen) atoms. The van der Waals surface area contributed by atoms with Crippen LogP contribution >= 0.6 is 0 Å². The molecule has 1 aliphatic carbocycles. The van der Waals surface area contributed by atoms with E-state index in [1.165, 1.54) is 5.56 Å². The van der Waals surface area contributed by atoms with Gasteiger partial charge >= 0.3 is 0 Å². The van der Waals surface area contributed by atoms with Gasteiger partial charge in [-0.2, -0.15) is 0 Å². The number of Topliss-reactive ketones (excluding diaryl/α,β-unsaturated/α-hetero) is 2. The zero-order chi connectivity index (χ0) is 20.7. The van der Waals surface area contributed by atoms with Gasteiger partial charge in [-0.3, -0.25) is 24.1 Å². The second-order valence-corrected chi connectivity index (χ2v) is 7.85. The molecule has 1 N–H and O–H groups in total. The van der Waals surface area contributed by atoms with Gasteiger partial charge in [-0.1, -0.05) is 32.0 Å². The number of fused-ring (bicyclic) bond motifs is 1. The highest BCUT2D eigenvalue weighted by Gasteiger charge is 2.45. The lowest BCUT2D eigenvalue weighted by molar-refractivity contribution is -0.132. The predicted octanol–water partition coefficient (Wildman–Crippen LogP) is 3.84. The van der Waals surface area contributed by atoms with Crippen molar-refractivity contribution >= 4 is 34.8 Å². The third-order valence-corrected chi connectivity index (χ3v) is 5.55. The Morgan fingerprint density at radius 3 is 2.34 bits per heavy atom. The van der Waals surface area contributed by atoms with Gasteiger partial charge < -0.3 is 5.32 Å². The zero-order valence-corrected chi connectivity index (χ0v) is 16.4. The van der Waals surface area contributed by atoms with Gasteiger partial charge in [0.2, 0.25) is 0 Å². The molecule has 0 saturated heterocycles. The third-order valence-electron chi connectivity index (χ3n) is 5.55. The number of nitrogens with one attached hydrogen (secondary N) is 1. The molecule has 148 valence electrons. The number of carbonyl (C=O) groups excluding carboxylic acids is 4. The summed E-state index contributed by atoms with van der Waals surface area (Å²) < 4.78 is 0. The molecular weight excluding hydrogens is 368 g/mol. The minimum Gasteiger partial charge on any atom is -0.355 e. The second kappa shape index (κ2) is 7.28. The number of benzene rings is 2. The zero-order valence-electron chi connectivity index (χ0n) is 16.4. The summed E-state index contributed by atoms with van der Waals surface area (Å²) in [4.78, 5) is 50.9. The van der Waals surface area contributed by atoms with Crippen LogP contribution in [0.15, 0.2) is 42.5 Å². The summed E-state index contributed by atoms with van der Waals surface area (Å²) in [5, 5.41) is 3.22. The van der Waals surface area contributed by atoms with Gasteiger partial charge in [0.1, 0.15) is 5.78 Å². The van der Waals surface area contributed by atoms with Crippen molar-refractivity contribution in [3.63, 3.8) is 0 Å². The highest BCUT2D eigenvalue weighted by molar-refractivity contribution is 6.25. The quantitative estimate of drug-likeness (QED) is 0.633. The summed E-state index contributed by atoms with van der Waals surface area (Å²) in [6.45, 7) is 4.23. The summed E-state index contributed by atoms with van der Waals surface area (Å²) in [5.74, 6) is -1.06. The molecule has 2 aromatic rings. The standard InChI is InChI=1S/C23H22N2O4/c1-13(2)14-6-8-15(9-7-14)24-18-5-3-4-17-21(18)23(29)25(22(17)28)19-11-10-16(26)12-20(19)27/h3-9,13,19,24H,10-12H2,1-2H3. The normalized spacial score (nSPS) is 19.1. The van der Waals surface area contributed by atoms with E-state index in [2.05, 4.69) is 19.2 Å². The fourth-order valence-electron chi connectivity index (χ4n) is 3.93. The van der Waals surface area contributed by atoms with Crippen LogP contribution in [0.4, 0.5) is 11.4 Å². The van der Waals surface area contributed by atoms with Crippen molar-refractivity contribution in [1.29, 1.82) is 0 Å². The van der Waals surface area contributed by atoms with Gasteiger partial charge in [0.05, 0.1) is 29.3 Å². The maximum absolute atomic E-state index is 13.1. The van der Waals surface area contributed by atoms with Gasteiger partial charge in [0.25, 0.3) is 11.8 Å². The van der Waals surface area contributed by atoms with Crippen molar-refractivity contribution in [2.75, 3.05) is 5.32 Å². The summed E-state index contributed by atoms with van der Waals surface area (Å²) in [6.07, 6.45) is 0.186. The Bertz CT molecular complexity index is 1020. The van der Waals surface area contributed by atoms with Crippen molar-refractivity contribution in [2.24, 2.45) is 0 Å². The predicted molar refractivity (Wildman–Crippen MR) is 108 cm³/mol. The number of nitrogens with zero attached hydrogens (tertiary/aromatic N) is 1. The summed E-state index contributed by atoms with van der Waals surface area (Å²) >= 11 is 0. The lowest BCUT2D eigenvalue weighted by Crippen LogP contribution is -2.47. The minimum atomic E-state index is -0.863. The van der Waals surface area contributed by atoms with Crippen molar-refractivity contribution in [2.45, 2.75) is 45.1 Å². The lowest BCUT2D eigenvalue weighted by atomic mass is 9.92. The molecule has 0 radical (unpaired) electrons. The highest BCUT2D eigenvalue weighted by atomic mass is 16.2. The van der Waals surface area contributed by atoms with Crippen LogP contribution in [0.25, 0.3) is 0 Å². The number of carbonyl (C=O) groups is 4. The molecule has 1 unspecified atom stereocenters. The van der Waals surface area contributed by atoms with Gasteiger partial charge in [-0.05, 0) is 42.2 Å². The van der Waals surface area contributed by atoms with E-state index in [1.54, 1.807) is 18.2 Å². The molecule has 1 heterocycles. The van der Waals surface area contributed by atoms with Crippen molar-refractivity contribution in [1.82, 2.24) is 4.90 Å². The van der Waals surface area contributed by atoms with E-state index in [0.717, 1.165) is 10.6 Å². The number of rotatable bonds is 4. The molecule has 2 aromatic carbocycles. The highest BCUT2D eigenvalue weighted by Crippen LogP contribution is 2.34. The van der Waals surface area contributed by atoms with Crippen LogP contribution in [-0.2, 0) is 9.59 Å². The molecule has 1 saturated carbocycles. The number of ketones is 2. The minimum absolute atomic E-state index is 0.143. The van der Waals surface area contributed by atoms with E-state index in [0.29, 0.717) is 11.6 Å². The van der Waals surface area contributed by atoms with E-state index >= 15 is 0 Å². The summed E-state index contributed by atoms with van der Waals surface area (Å²) in [7, 11) is 0. The maximum Gasteiger partial charge on any atom is 0.264 e. The smallest absolute Gasteiger partial charge is 0.264 e. The average Bonchev–Trinajstić information content (AvgIpc) is 2.94. The molecule has 0 spiro atoms. The van der Waals surface area contributed by atoms with E-state index < -0.39 is 17.9 Å². The fraction of sp³-hybridized carbons (Fsp3) is 0.304. The van der Waals surface area contributed by atoms with Crippen LogP contribution in [-0.4, -0.2) is 34.3 Å². The largest absolute Gasteiger partial charge is 0.355 e. The van der Waals surface area contributed by atoms with Crippen LogP contribution in [0.5, 0.6) is 0 Å². The SMILES string of the molecule is CC(C)c1ccc(Nc2cccc3c2C(=O)N(C2CCC(=O)CC2=O)C3=O)cc1. The Kier molecular flexibility index (Phi) is 4.78. The summed E-state index contributed by atoms with van der Waals surface area (Å²) in [6, 6.07) is 12.1. The maximum atomic E-state index is 13.1. The Balaban J connectivity index is 1.64. The molecule has 2 aliphatic rings. The number of anilines is 2. The monoisotopic (exact) mass is 390 g/mol. The first-order valence-electron chi connectivity index (χ1n) is 9.79. The summed E-state index contributed by atoms with van der Waals surface area (Å²) in [5.41, 5.74) is 3.09. The molecule has 6 nitrogen and oxygen atoms in total. The molecular formula is C23H22N2O4. The second-order valence-electron chi connectivity index (χ2n) is 7.85. The number of hydrogen-bond acceptors (Lipinski definition) is 5. The average molecular weight is 390 g/mol. The van der Waals surface area contributed by atoms with Crippen LogP contribution in [0, 0.1) is 0 Å². The number of amides is 2. The van der Waals surface area contributed by atoms with E-state index in [9.17, 15) is 19.2 Å². The topological polar surface area (TPSA) is 83.6 Å². The van der Waals surface area contributed by atoms with Crippen LogP contribution in [0.3, 0.4) is 0 Å². The first kappa shape index (κ1) is 19.1. The Morgan fingerprint density at radius 2 is 1.69 bits per heavy atom. The van der Waals surface area contributed by atoms with Gasteiger partial charge in [-0.15, -0.1) is 0 Å². The molecule has 4 rings (SSSR count). The Hall–Kier alpha value is -3.28. The fourth-order valence-corrected chi connectivity index (χ4v) is 3.93. The lowest BCUT2D eigenvalue weighted by Gasteiger charge is -2.27. The molecule has 2 amide bonds. The van der Waals surface area contributed by atoms with Gasteiger partial charge in [-0.25, -0.2) is 0 Å². The van der Waals surface area contributed by atoms with Crippen molar-refractivity contribution < 1.29 is 19.2 Å². The number of imide groups is 1. The molecule has 0 bridgehead atoms. The Labute approximate surface area is 168 Å². The van der Waals surface area contributed by atoms with Crippen molar-refractivity contribution in [3.8, 4) is 0 Å². The molecule has 0 aromatic heterocycles. The first-order valence-corrected chi connectivity index (χ1v) is 9.79. The molecule has 1 aliphatic heterocycles. The molecule has 1 fully saturated rings. The van der Waals surface area contributed by atoms with Crippen molar-refractivity contribution in [3.05, 3.63) is 59.2 Å². The van der Waals surface area contributed by atoms with Gasteiger partial charge in [0.15, 0.2) is 5.78 Å². The van der Waals surface area contributed by atoms with Crippen LogP contribution < -0.4 is 5.32 Å². The Morgan fingerprint density at radius 1 is 0.966 bits per heavy atom. The van der Waals surface area contributed by atoms with E-state index in [1.807, 2.05) is 24.3 Å². The third kappa shape index (κ3) is 3.35. The molecule has 1 atom stereocenters.